The van der Waals surface area contributed by atoms with Crippen LogP contribution in [0.3, 0.4) is 0 Å². The summed E-state index contributed by atoms with van der Waals surface area (Å²) in [4.78, 5) is 2.65. The minimum absolute atomic E-state index is 0.761. The third kappa shape index (κ3) is 2.18. The van der Waals surface area contributed by atoms with Gasteiger partial charge in [-0.2, -0.15) is 0 Å². The van der Waals surface area contributed by atoms with E-state index in [1.54, 1.807) is 0 Å². The van der Waals surface area contributed by atoms with Gasteiger partial charge in [-0.05, 0) is 45.7 Å². The Morgan fingerprint density at radius 3 is 3.07 bits per heavy atom. The molecule has 2 unspecified atom stereocenters. The smallest absolute Gasteiger partial charge is 0.0250 e. The summed E-state index contributed by atoms with van der Waals surface area (Å²) in [6.45, 7) is 9.81. The van der Waals surface area contributed by atoms with Crippen LogP contribution in [0, 0.1) is 0 Å². The molecule has 0 bridgehead atoms. The molecule has 2 rings (SSSR count). The van der Waals surface area contributed by atoms with Gasteiger partial charge in [-0.15, -0.1) is 6.58 Å². The first-order valence-corrected chi connectivity index (χ1v) is 5.89. The van der Waals surface area contributed by atoms with Crippen molar-refractivity contribution in [1.29, 1.82) is 0 Å². The van der Waals surface area contributed by atoms with Gasteiger partial charge in [-0.3, -0.25) is 4.90 Å². The molecule has 14 heavy (non-hydrogen) atoms. The number of nitrogens with one attached hydrogen (secondary N) is 1. The molecule has 2 saturated heterocycles. The lowest BCUT2D eigenvalue weighted by Crippen LogP contribution is -2.39. The van der Waals surface area contributed by atoms with Crippen LogP contribution in [-0.2, 0) is 0 Å². The molecule has 0 saturated carbocycles. The number of fused-ring (bicyclic) bond motifs is 1. The molecule has 0 radical (unpaired) electrons. The van der Waals surface area contributed by atoms with E-state index in [9.17, 15) is 0 Å². The van der Waals surface area contributed by atoms with Crippen molar-refractivity contribution in [1.82, 2.24) is 10.2 Å². The SMILES string of the molecule is C=C(C)CCNC1CCN2CCCC12. The number of hydrogen-bond donors (Lipinski definition) is 1. The van der Waals surface area contributed by atoms with E-state index in [1.165, 1.54) is 37.9 Å². The van der Waals surface area contributed by atoms with Gasteiger partial charge in [-0.1, -0.05) is 5.57 Å². The van der Waals surface area contributed by atoms with Gasteiger partial charge >= 0.3 is 0 Å². The predicted octanol–water partition coefficient (Wildman–Crippen LogP) is 1.78. The van der Waals surface area contributed by atoms with E-state index in [0.717, 1.165) is 25.0 Å². The van der Waals surface area contributed by atoms with Gasteiger partial charge in [0.25, 0.3) is 0 Å². The fourth-order valence-electron chi connectivity index (χ4n) is 2.79. The summed E-state index contributed by atoms with van der Waals surface area (Å²) in [5.74, 6) is 0. The maximum absolute atomic E-state index is 3.94. The van der Waals surface area contributed by atoms with E-state index in [1.807, 2.05) is 0 Å². The third-order valence-electron chi connectivity index (χ3n) is 3.56. The average Bonchev–Trinajstić information content (AvgIpc) is 2.67. The Labute approximate surface area is 87.4 Å². The van der Waals surface area contributed by atoms with Gasteiger partial charge in [-0.25, -0.2) is 0 Å². The summed E-state index contributed by atoms with van der Waals surface area (Å²) in [5.41, 5.74) is 1.29. The second-order valence-electron chi connectivity index (χ2n) is 4.80. The van der Waals surface area contributed by atoms with Crippen molar-refractivity contribution in [3.05, 3.63) is 12.2 Å². The molecular weight excluding hydrogens is 172 g/mol. The second kappa shape index (κ2) is 4.45. The molecule has 2 aliphatic heterocycles. The van der Waals surface area contributed by atoms with Crippen LogP contribution < -0.4 is 5.32 Å². The average molecular weight is 194 g/mol. The van der Waals surface area contributed by atoms with Crippen LogP contribution in [0.2, 0.25) is 0 Å². The highest BCUT2D eigenvalue weighted by molar-refractivity contribution is 4.96. The molecule has 2 nitrogen and oxygen atoms in total. The first-order valence-electron chi connectivity index (χ1n) is 5.89. The number of nitrogens with zero attached hydrogens (tertiary/aromatic N) is 1. The summed E-state index contributed by atoms with van der Waals surface area (Å²) in [6, 6.07) is 1.61. The summed E-state index contributed by atoms with van der Waals surface area (Å²) < 4.78 is 0. The van der Waals surface area contributed by atoms with Crippen molar-refractivity contribution in [3.63, 3.8) is 0 Å². The maximum atomic E-state index is 3.94. The molecule has 0 amide bonds. The molecule has 0 aliphatic carbocycles. The first kappa shape index (κ1) is 10.2. The van der Waals surface area contributed by atoms with E-state index >= 15 is 0 Å². The fraction of sp³-hybridized carbons (Fsp3) is 0.833. The molecule has 1 N–H and O–H groups in total. The van der Waals surface area contributed by atoms with E-state index in [2.05, 4.69) is 23.7 Å². The Morgan fingerprint density at radius 1 is 1.43 bits per heavy atom. The topological polar surface area (TPSA) is 15.3 Å². The minimum atomic E-state index is 0.761. The molecular formula is C12H22N2. The summed E-state index contributed by atoms with van der Waals surface area (Å²) in [5, 5.41) is 3.68. The molecule has 2 aliphatic rings. The van der Waals surface area contributed by atoms with E-state index in [0.29, 0.717) is 0 Å². The van der Waals surface area contributed by atoms with E-state index < -0.39 is 0 Å². The molecule has 0 aromatic carbocycles. The molecule has 2 heterocycles. The Morgan fingerprint density at radius 2 is 2.29 bits per heavy atom. The van der Waals surface area contributed by atoms with Crippen molar-refractivity contribution in [2.45, 2.75) is 44.7 Å². The Hall–Kier alpha value is -0.340. The quantitative estimate of drug-likeness (QED) is 0.686. The zero-order valence-electron chi connectivity index (χ0n) is 9.26. The van der Waals surface area contributed by atoms with E-state index in [-0.39, 0.29) is 0 Å². The van der Waals surface area contributed by atoms with Crippen molar-refractivity contribution in [2.75, 3.05) is 19.6 Å². The lowest BCUT2D eigenvalue weighted by molar-refractivity contribution is 0.299. The second-order valence-corrected chi connectivity index (χ2v) is 4.80. The zero-order valence-corrected chi connectivity index (χ0v) is 9.26. The predicted molar refractivity (Wildman–Crippen MR) is 60.4 cm³/mol. The van der Waals surface area contributed by atoms with Crippen LogP contribution >= 0.6 is 0 Å². The van der Waals surface area contributed by atoms with Crippen molar-refractivity contribution >= 4 is 0 Å². The van der Waals surface area contributed by atoms with Crippen LogP contribution in [0.5, 0.6) is 0 Å². The molecule has 0 aromatic heterocycles. The van der Waals surface area contributed by atoms with Crippen LogP contribution in [0.25, 0.3) is 0 Å². The van der Waals surface area contributed by atoms with Crippen LogP contribution in [-0.4, -0.2) is 36.6 Å². The van der Waals surface area contributed by atoms with Crippen molar-refractivity contribution < 1.29 is 0 Å². The van der Waals surface area contributed by atoms with Crippen molar-refractivity contribution in [2.24, 2.45) is 0 Å². The molecule has 2 fully saturated rings. The van der Waals surface area contributed by atoms with Gasteiger partial charge in [0.1, 0.15) is 0 Å². The number of rotatable bonds is 4. The fourth-order valence-corrected chi connectivity index (χ4v) is 2.79. The van der Waals surface area contributed by atoms with Gasteiger partial charge in [0, 0.05) is 18.6 Å². The van der Waals surface area contributed by atoms with Crippen molar-refractivity contribution in [3.8, 4) is 0 Å². The monoisotopic (exact) mass is 194 g/mol. The Kier molecular flexibility index (Phi) is 3.24. The van der Waals surface area contributed by atoms with Gasteiger partial charge in [0.05, 0.1) is 0 Å². The summed E-state index contributed by atoms with van der Waals surface area (Å²) in [6.07, 6.45) is 5.29. The highest BCUT2D eigenvalue weighted by Crippen LogP contribution is 2.27. The normalized spacial score (nSPS) is 32.1. The highest BCUT2D eigenvalue weighted by Gasteiger charge is 2.36. The van der Waals surface area contributed by atoms with E-state index in [4.69, 9.17) is 0 Å². The maximum Gasteiger partial charge on any atom is 0.0250 e. The summed E-state index contributed by atoms with van der Waals surface area (Å²) in [7, 11) is 0. The standard InChI is InChI=1S/C12H22N2/c1-10(2)5-7-13-11-6-9-14-8-3-4-12(11)14/h11-13H,1,3-9H2,2H3. The molecule has 0 aromatic rings. The Bertz CT molecular complexity index is 212. The first-order chi connectivity index (χ1) is 6.77. The van der Waals surface area contributed by atoms with Gasteiger partial charge in [0.15, 0.2) is 0 Å². The van der Waals surface area contributed by atoms with Gasteiger partial charge < -0.3 is 5.32 Å². The molecule has 2 heteroatoms. The zero-order chi connectivity index (χ0) is 9.97. The third-order valence-corrected chi connectivity index (χ3v) is 3.56. The molecule has 80 valence electrons. The van der Waals surface area contributed by atoms with Crippen LogP contribution in [0.1, 0.15) is 32.6 Å². The highest BCUT2D eigenvalue weighted by atomic mass is 15.2. The lowest BCUT2D eigenvalue weighted by Gasteiger charge is -2.21. The van der Waals surface area contributed by atoms with Crippen LogP contribution in [0.4, 0.5) is 0 Å². The number of hydrogen-bond acceptors (Lipinski definition) is 2. The molecule has 2 atom stereocenters. The summed E-state index contributed by atoms with van der Waals surface area (Å²) >= 11 is 0. The van der Waals surface area contributed by atoms with Crippen LogP contribution in [0.15, 0.2) is 12.2 Å². The minimum Gasteiger partial charge on any atom is -0.312 e. The molecule has 0 spiro atoms. The Balaban J connectivity index is 1.73. The largest absolute Gasteiger partial charge is 0.312 e. The lowest BCUT2D eigenvalue weighted by atomic mass is 10.1. The van der Waals surface area contributed by atoms with Gasteiger partial charge in [0.2, 0.25) is 0 Å².